The number of phenolic OH excluding ortho intramolecular Hbond substituents is 1. The normalized spacial score (nSPS) is 27.2. The highest BCUT2D eigenvalue weighted by Crippen LogP contribution is 2.48. The maximum Gasteiger partial charge on any atom is 0.237 e. The summed E-state index contributed by atoms with van der Waals surface area (Å²) < 4.78 is 0. The van der Waals surface area contributed by atoms with Gasteiger partial charge in [0.15, 0.2) is 0 Å². The number of aromatic hydroxyl groups is 1. The second-order valence-electron chi connectivity index (χ2n) is 4.10. The van der Waals surface area contributed by atoms with Gasteiger partial charge in [-0.05, 0) is 24.6 Å². The fourth-order valence-electron chi connectivity index (χ4n) is 2.07. The molecule has 1 saturated carbocycles. The van der Waals surface area contributed by atoms with Crippen molar-refractivity contribution in [2.75, 3.05) is 4.90 Å². The van der Waals surface area contributed by atoms with Crippen LogP contribution in [-0.4, -0.2) is 16.9 Å². The molecule has 0 bridgehead atoms. The first-order valence-corrected chi connectivity index (χ1v) is 5.33. The highest BCUT2D eigenvalue weighted by molar-refractivity contribution is 6.33. The first-order chi connectivity index (χ1) is 7.59. The van der Waals surface area contributed by atoms with E-state index in [9.17, 15) is 14.7 Å². The molecule has 1 aromatic carbocycles. The number of hydrogen-bond donors (Lipinski definition) is 1. The number of rotatable bonds is 1. The molecule has 1 N–H and O–H groups in total. The third-order valence-electron chi connectivity index (χ3n) is 3.06. The van der Waals surface area contributed by atoms with E-state index in [0.29, 0.717) is 12.1 Å². The summed E-state index contributed by atoms with van der Waals surface area (Å²) in [6.07, 6.45) is 0.681. The highest BCUT2D eigenvalue weighted by atomic mass is 35.5. The Morgan fingerprint density at radius 3 is 2.44 bits per heavy atom. The molecule has 3 rings (SSSR count). The summed E-state index contributed by atoms with van der Waals surface area (Å²) in [6, 6.07) is 4.32. The van der Waals surface area contributed by atoms with E-state index >= 15 is 0 Å². The van der Waals surface area contributed by atoms with Gasteiger partial charge in [0.1, 0.15) is 5.75 Å². The summed E-state index contributed by atoms with van der Waals surface area (Å²) in [5, 5.41) is 9.40. The predicted octanol–water partition coefficient (Wildman–Crippen LogP) is 1.55. The molecule has 2 fully saturated rings. The van der Waals surface area contributed by atoms with E-state index in [-0.39, 0.29) is 34.4 Å². The highest BCUT2D eigenvalue weighted by Gasteiger charge is 2.59. The Morgan fingerprint density at radius 2 is 1.88 bits per heavy atom. The number of imide groups is 1. The van der Waals surface area contributed by atoms with Crippen LogP contribution in [0.25, 0.3) is 0 Å². The minimum atomic E-state index is -0.156. The molecule has 1 saturated heterocycles. The summed E-state index contributed by atoms with van der Waals surface area (Å²) in [5.74, 6) is -0.622. The van der Waals surface area contributed by atoms with Gasteiger partial charge in [-0.25, -0.2) is 4.90 Å². The number of nitrogens with zero attached hydrogens (tertiary/aromatic N) is 1. The van der Waals surface area contributed by atoms with Crippen LogP contribution >= 0.6 is 11.6 Å². The SMILES string of the molecule is O=C1C2CC2C(=O)N1c1ccc(O)c(Cl)c1. The molecule has 0 spiro atoms. The maximum absolute atomic E-state index is 11.8. The number of anilines is 1. The number of hydrogen-bond acceptors (Lipinski definition) is 3. The minimum absolute atomic E-state index is 0.0605. The Balaban J connectivity index is 2.01. The summed E-state index contributed by atoms with van der Waals surface area (Å²) in [7, 11) is 0. The summed E-state index contributed by atoms with van der Waals surface area (Å²) >= 11 is 5.74. The molecule has 0 aromatic heterocycles. The average Bonchev–Trinajstić information content (AvgIpc) is 2.98. The van der Waals surface area contributed by atoms with Crippen LogP contribution in [-0.2, 0) is 9.59 Å². The van der Waals surface area contributed by atoms with Crippen molar-refractivity contribution in [3.05, 3.63) is 23.2 Å². The lowest BCUT2D eigenvalue weighted by molar-refractivity contribution is -0.123. The quantitative estimate of drug-likeness (QED) is 0.754. The Morgan fingerprint density at radius 1 is 1.25 bits per heavy atom. The van der Waals surface area contributed by atoms with Gasteiger partial charge in [0.2, 0.25) is 11.8 Å². The van der Waals surface area contributed by atoms with Crippen LogP contribution in [0.4, 0.5) is 5.69 Å². The van der Waals surface area contributed by atoms with Crippen LogP contribution in [0.15, 0.2) is 18.2 Å². The standard InChI is InChI=1S/C11H8ClNO3/c12-8-3-5(1-2-9(8)14)13-10(15)6-4-7(6)11(13)16/h1-3,6-7,14H,4H2. The summed E-state index contributed by atoms with van der Waals surface area (Å²) in [5.41, 5.74) is 0.435. The lowest BCUT2D eigenvalue weighted by Crippen LogP contribution is -2.32. The van der Waals surface area contributed by atoms with Crippen LogP contribution in [0.3, 0.4) is 0 Å². The molecular weight excluding hydrogens is 230 g/mol. The zero-order valence-electron chi connectivity index (χ0n) is 8.18. The molecule has 1 aliphatic carbocycles. The molecule has 82 valence electrons. The number of amides is 2. The van der Waals surface area contributed by atoms with Crippen molar-refractivity contribution in [3.8, 4) is 5.75 Å². The van der Waals surface area contributed by atoms with Crippen molar-refractivity contribution in [1.82, 2.24) is 0 Å². The number of phenols is 1. The summed E-state index contributed by atoms with van der Waals surface area (Å²) in [6.45, 7) is 0. The molecule has 5 heteroatoms. The number of piperidine rings is 1. The second-order valence-corrected chi connectivity index (χ2v) is 4.50. The predicted molar refractivity (Wildman–Crippen MR) is 57.2 cm³/mol. The third-order valence-corrected chi connectivity index (χ3v) is 3.36. The zero-order valence-corrected chi connectivity index (χ0v) is 8.94. The number of fused-ring (bicyclic) bond motifs is 1. The van der Waals surface area contributed by atoms with Gasteiger partial charge in [0.25, 0.3) is 0 Å². The second kappa shape index (κ2) is 2.98. The van der Waals surface area contributed by atoms with Crippen molar-refractivity contribution >= 4 is 29.1 Å². The third kappa shape index (κ3) is 1.16. The lowest BCUT2D eigenvalue weighted by atomic mass is 10.2. The average molecular weight is 238 g/mol. The largest absolute Gasteiger partial charge is 0.506 e. The van der Waals surface area contributed by atoms with Crippen molar-refractivity contribution < 1.29 is 14.7 Å². The Hall–Kier alpha value is -1.55. The van der Waals surface area contributed by atoms with E-state index in [1.54, 1.807) is 0 Å². The first-order valence-electron chi connectivity index (χ1n) is 4.96. The van der Waals surface area contributed by atoms with Crippen molar-refractivity contribution in [3.63, 3.8) is 0 Å². The molecule has 2 unspecified atom stereocenters. The van der Waals surface area contributed by atoms with Gasteiger partial charge in [-0.15, -0.1) is 0 Å². The van der Waals surface area contributed by atoms with Gasteiger partial charge in [-0.3, -0.25) is 9.59 Å². The van der Waals surface area contributed by atoms with Gasteiger partial charge < -0.3 is 5.11 Å². The van der Waals surface area contributed by atoms with Gasteiger partial charge in [0.05, 0.1) is 22.5 Å². The van der Waals surface area contributed by atoms with E-state index in [2.05, 4.69) is 0 Å². The molecular formula is C11H8ClNO3. The van der Waals surface area contributed by atoms with E-state index in [0.717, 1.165) is 4.90 Å². The van der Waals surface area contributed by atoms with Gasteiger partial charge >= 0.3 is 0 Å². The van der Waals surface area contributed by atoms with Crippen LogP contribution in [0.1, 0.15) is 6.42 Å². The number of benzene rings is 1. The number of halogens is 1. The fourth-order valence-corrected chi connectivity index (χ4v) is 2.25. The number of carbonyl (C=O) groups excluding carboxylic acids is 2. The van der Waals surface area contributed by atoms with E-state index < -0.39 is 0 Å². The van der Waals surface area contributed by atoms with Crippen LogP contribution in [0, 0.1) is 11.8 Å². The monoisotopic (exact) mass is 237 g/mol. The first kappa shape index (κ1) is 9.66. The molecule has 1 aromatic rings. The summed E-state index contributed by atoms with van der Waals surface area (Å²) in [4.78, 5) is 24.7. The smallest absolute Gasteiger partial charge is 0.237 e. The van der Waals surface area contributed by atoms with E-state index in [1.807, 2.05) is 0 Å². The Labute approximate surface area is 96.4 Å². The minimum Gasteiger partial charge on any atom is -0.506 e. The van der Waals surface area contributed by atoms with Crippen LogP contribution < -0.4 is 4.90 Å². The van der Waals surface area contributed by atoms with Crippen molar-refractivity contribution in [1.29, 1.82) is 0 Å². The zero-order chi connectivity index (χ0) is 11.4. The Kier molecular flexibility index (Phi) is 1.80. The van der Waals surface area contributed by atoms with E-state index in [4.69, 9.17) is 11.6 Å². The molecule has 2 atom stereocenters. The molecule has 2 amide bonds. The maximum atomic E-state index is 11.8. The molecule has 1 heterocycles. The molecule has 1 aliphatic heterocycles. The van der Waals surface area contributed by atoms with Gasteiger partial charge in [-0.1, -0.05) is 11.6 Å². The molecule has 0 radical (unpaired) electrons. The van der Waals surface area contributed by atoms with Gasteiger partial charge in [0, 0.05) is 0 Å². The molecule has 16 heavy (non-hydrogen) atoms. The fraction of sp³-hybridized carbons (Fsp3) is 0.273. The van der Waals surface area contributed by atoms with Crippen LogP contribution in [0.5, 0.6) is 5.75 Å². The van der Waals surface area contributed by atoms with Crippen molar-refractivity contribution in [2.24, 2.45) is 11.8 Å². The van der Waals surface area contributed by atoms with Gasteiger partial charge in [-0.2, -0.15) is 0 Å². The lowest BCUT2D eigenvalue weighted by Gasteiger charge is -2.16. The Bertz CT molecular complexity index is 494. The molecule has 4 nitrogen and oxygen atoms in total. The van der Waals surface area contributed by atoms with Crippen LogP contribution in [0.2, 0.25) is 5.02 Å². The number of carbonyl (C=O) groups is 2. The van der Waals surface area contributed by atoms with E-state index in [1.165, 1.54) is 18.2 Å². The molecule has 2 aliphatic rings. The topological polar surface area (TPSA) is 57.6 Å². The van der Waals surface area contributed by atoms with Crippen molar-refractivity contribution in [2.45, 2.75) is 6.42 Å².